The predicted molar refractivity (Wildman–Crippen MR) is 209 cm³/mol. The van der Waals surface area contributed by atoms with E-state index in [0.29, 0.717) is 0 Å². The van der Waals surface area contributed by atoms with Crippen LogP contribution in [0.4, 0.5) is 0 Å². The van der Waals surface area contributed by atoms with Crippen molar-refractivity contribution in [3.05, 3.63) is 192 Å². The Morgan fingerprint density at radius 3 is 1.82 bits per heavy atom. The average Bonchev–Trinajstić information content (AvgIpc) is 3.80. The molecular weight excluding hydrogens is 617 g/mol. The molecule has 3 aliphatic carbocycles. The smallest absolute Gasteiger partial charge is 0.160 e. The molecule has 12 rings (SSSR count). The number of hydrogen-bond acceptors (Lipinski definition) is 2. The summed E-state index contributed by atoms with van der Waals surface area (Å²) in [7, 11) is 0. The zero-order valence-corrected chi connectivity index (χ0v) is 27.6. The molecule has 1 aromatic heterocycles. The van der Waals surface area contributed by atoms with Crippen LogP contribution >= 0.6 is 0 Å². The van der Waals surface area contributed by atoms with Crippen LogP contribution in [0.1, 0.15) is 22.3 Å². The van der Waals surface area contributed by atoms with Crippen molar-refractivity contribution in [2.45, 2.75) is 5.41 Å². The lowest BCUT2D eigenvalue weighted by molar-refractivity contribution is 0.795. The number of fused-ring (bicyclic) bond motifs is 15. The Balaban J connectivity index is 1.19. The van der Waals surface area contributed by atoms with Gasteiger partial charge in [-0.05, 0) is 95.7 Å². The quantitative estimate of drug-likeness (QED) is 0.187. The highest BCUT2D eigenvalue weighted by Crippen LogP contribution is 2.65. The monoisotopic (exact) mass is 644 g/mol. The molecule has 0 bridgehead atoms. The number of nitrogens with zero attached hydrogens (tertiary/aromatic N) is 2. The van der Waals surface area contributed by atoms with Gasteiger partial charge in [-0.1, -0.05) is 152 Å². The summed E-state index contributed by atoms with van der Waals surface area (Å²) in [5.74, 6) is 0.739. The van der Waals surface area contributed by atoms with Gasteiger partial charge >= 0.3 is 0 Å². The van der Waals surface area contributed by atoms with Gasteiger partial charge in [-0.25, -0.2) is 9.97 Å². The Morgan fingerprint density at radius 2 is 0.980 bits per heavy atom. The number of hydrogen-bond donors (Lipinski definition) is 0. The van der Waals surface area contributed by atoms with Crippen molar-refractivity contribution in [1.29, 1.82) is 0 Å². The first-order valence-corrected chi connectivity index (χ1v) is 17.7. The van der Waals surface area contributed by atoms with Crippen LogP contribution in [0.5, 0.6) is 0 Å². The van der Waals surface area contributed by atoms with E-state index >= 15 is 0 Å². The van der Waals surface area contributed by atoms with Gasteiger partial charge < -0.3 is 0 Å². The summed E-state index contributed by atoms with van der Waals surface area (Å²) in [6.45, 7) is 0. The molecule has 3 aliphatic rings. The van der Waals surface area contributed by atoms with Crippen LogP contribution in [0.25, 0.3) is 88.8 Å². The summed E-state index contributed by atoms with van der Waals surface area (Å²) in [5.41, 5.74) is 19.3. The molecule has 0 amide bonds. The summed E-state index contributed by atoms with van der Waals surface area (Å²) in [6.07, 6.45) is 0. The molecule has 234 valence electrons. The number of para-hydroxylation sites is 1. The van der Waals surface area contributed by atoms with Crippen molar-refractivity contribution in [2.24, 2.45) is 0 Å². The number of benzene rings is 8. The van der Waals surface area contributed by atoms with Gasteiger partial charge in [0, 0.05) is 16.5 Å². The van der Waals surface area contributed by atoms with E-state index in [4.69, 9.17) is 9.97 Å². The molecule has 0 saturated heterocycles. The second-order valence-electron chi connectivity index (χ2n) is 14.0. The Hall–Kier alpha value is -6.64. The molecule has 1 heterocycles. The van der Waals surface area contributed by atoms with Gasteiger partial charge in [0.25, 0.3) is 0 Å². The molecule has 9 aromatic rings. The predicted octanol–water partition coefficient (Wildman–Crippen LogP) is 12.1. The van der Waals surface area contributed by atoms with Gasteiger partial charge in [-0.15, -0.1) is 0 Å². The fraction of sp³-hybridized carbons (Fsp3) is 0.0204. The zero-order chi connectivity index (χ0) is 33.3. The third-order valence-corrected chi connectivity index (χ3v) is 11.6. The molecule has 51 heavy (non-hydrogen) atoms. The normalized spacial score (nSPS) is 15.5. The Morgan fingerprint density at radius 1 is 0.353 bits per heavy atom. The van der Waals surface area contributed by atoms with Crippen molar-refractivity contribution in [2.75, 3.05) is 0 Å². The van der Waals surface area contributed by atoms with Gasteiger partial charge in [0.2, 0.25) is 0 Å². The third-order valence-electron chi connectivity index (χ3n) is 11.6. The number of aromatic nitrogens is 2. The van der Waals surface area contributed by atoms with E-state index in [0.717, 1.165) is 33.5 Å². The topological polar surface area (TPSA) is 25.8 Å². The lowest BCUT2D eigenvalue weighted by Crippen LogP contribution is -2.26. The molecular formula is C49H28N2. The maximum atomic E-state index is 5.31. The van der Waals surface area contributed by atoms with Crippen LogP contribution < -0.4 is 0 Å². The number of rotatable bonds is 2. The second kappa shape index (κ2) is 9.74. The molecule has 0 aliphatic heterocycles. The Bertz CT molecular complexity index is 2980. The summed E-state index contributed by atoms with van der Waals surface area (Å²) in [6, 6.07) is 62.2. The minimum Gasteiger partial charge on any atom is -0.228 e. The first kappa shape index (κ1) is 27.2. The molecule has 1 spiro atoms. The molecule has 1 atom stereocenters. The maximum absolute atomic E-state index is 5.31. The standard InChI is InChI=1S/C49H28N2/c1-2-13-29(14-3-1)47-37-19-8-11-24-44(37)50-48(51-47)30-25-26-34-33-17-6-9-22-40(33)49(42(34)27-30)41-23-10-7-18-36(41)46-38-21-12-20-35-31-15-4-5-16-32(31)39(45(35)38)28-43(46)49/h1-28H. The largest absolute Gasteiger partial charge is 0.228 e. The van der Waals surface area contributed by atoms with Crippen LogP contribution in [0.15, 0.2) is 170 Å². The molecule has 1 unspecified atom stereocenters. The van der Waals surface area contributed by atoms with Gasteiger partial charge in [0.15, 0.2) is 5.82 Å². The first-order valence-electron chi connectivity index (χ1n) is 17.7. The maximum Gasteiger partial charge on any atom is 0.160 e. The van der Waals surface area contributed by atoms with E-state index in [9.17, 15) is 0 Å². The molecule has 0 fully saturated rings. The molecule has 8 aromatic carbocycles. The van der Waals surface area contributed by atoms with Crippen LogP contribution in [0.3, 0.4) is 0 Å². The van der Waals surface area contributed by atoms with Crippen molar-refractivity contribution < 1.29 is 0 Å². The highest BCUT2D eigenvalue weighted by molar-refractivity contribution is 6.21. The molecule has 0 N–H and O–H groups in total. The van der Waals surface area contributed by atoms with E-state index in [1.807, 2.05) is 0 Å². The molecule has 2 heteroatoms. The Kier molecular flexibility index (Phi) is 5.20. The first-order chi connectivity index (χ1) is 25.3. The molecule has 0 radical (unpaired) electrons. The molecule has 0 saturated carbocycles. The van der Waals surface area contributed by atoms with E-state index < -0.39 is 5.41 Å². The van der Waals surface area contributed by atoms with Crippen molar-refractivity contribution >= 4 is 21.7 Å². The third kappa shape index (κ3) is 3.37. The zero-order valence-electron chi connectivity index (χ0n) is 27.6. The summed E-state index contributed by atoms with van der Waals surface area (Å²) >= 11 is 0. The van der Waals surface area contributed by atoms with Crippen molar-refractivity contribution in [1.82, 2.24) is 9.97 Å². The van der Waals surface area contributed by atoms with Crippen LogP contribution in [0, 0.1) is 0 Å². The molecule has 2 nitrogen and oxygen atoms in total. The fourth-order valence-electron chi connectivity index (χ4n) is 9.65. The average molecular weight is 645 g/mol. The SMILES string of the molecule is c1ccc(-c2nc(-c3ccc4c(c3)C3(c5ccccc5-4)c4ccccc4-c4c3cc3c5c(cccc45)-c4ccccc4-3)nc3ccccc23)cc1. The van der Waals surface area contributed by atoms with Crippen molar-refractivity contribution in [3.63, 3.8) is 0 Å². The van der Waals surface area contributed by atoms with Gasteiger partial charge in [0.1, 0.15) is 0 Å². The minimum atomic E-state index is -0.495. The second-order valence-corrected chi connectivity index (χ2v) is 14.0. The van der Waals surface area contributed by atoms with E-state index in [1.165, 1.54) is 77.5 Å². The summed E-state index contributed by atoms with van der Waals surface area (Å²) < 4.78 is 0. The summed E-state index contributed by atoms with van der Waals surface area (Å²) in [5, 5.41) is 3.75. The van der Waals surface area contributed by atoms with Gasteiger partial charge in [-0.2, -0.15) is 0 Å². The van der Waals surface area contributed by atoms with Crippen LogP contribution in [0.2, 0.25) is 0 Å². The lowest BCUT2D eigenvalue weighted by Gasteiger charge is -2.31. The van der Waals surface area contributed by atoms with Gasteiger partial charge in [-0.3, -0.25) is 0 Å². The van der Waals surface area contributed by atoms with E-state index in [1.54, 1.807) is 0 Å². The van der Waals surface area contributed by atoms with E-state index in [2.05, 4.69) is 170 Å². The highest BCUT2D eigenvalue weighted by atomic mass is 14.9. The fourth-order valence-corrected chi connectivity index (χ4v) is 9.65. The van der Waals surface area contributed by atoms with Crippen LogP contribution in [-0.4, -0.2) is 9.97 Å². The lowest BCUT2D eigenvalue weighted by atomic mass is 9.70. The van der Waals surface area contributed by atoms with E-state index in [-0.39, 0.29) is 0 Å². The minimum absolute atomic E-state index is 0.495. The Labute approximate surface area is 295 Å². The van der Waals surface area contributed by atoms with Crippen molar-refractivity contribution in [3.8, 4) is 67.2 Å². The van der Waals surface area contributed by atoms with Crippen LogP contribution in [-0.2, 0) is 5.41 Å². The van der Waals surface area contributed by atoms with Gasteiger partial charge in [0.05, 0.1) is 16.6 Å². The summed E-state index contributed by atoms with van der Waals surface area (Å²) in [4.78, 5) is 10.5. The highest BCUT2D eigenvalue weighted by Gasteiger charge is 2.52.